The number of anilines is 1. The molecule has 0 aliphatic rings. The fourth-order valence-electron chi connectivity index (χ4n) is 2.09. The van der Waals surface area contributed by atoms with Gasteiger partial charge < -0.3 is 10.3 Å². The maximum Gasteiger partial charge on any atom is 0.231 e. The van der Waals surface area contributed by atoms with Gasteiger partial charge in [0.15, 0.2) is 0 Å². The van der Waals surface area contributed by atoms with Gasteiger partial charge in [0.05, 0.1) is 6.42 Å². The van der Waals surface area contributed by atoms with Crippen molar-refractivity contribution in [1.29, 1.82) is 0 Å². The van der Waals surface area contributed by atoms with Crippen LogP contribution in [0.3, 0.4) is 0 Å². The van der Waals surface area contributed by atoms with Crippen LogP contribution in [0.5, 0.6) is 0 Å². The van der Waals surface area contributed by atoms with Crippen molar-refractivity contribution < 1.29 is 4.52 Å². The van der Waals surface area contributed by atoms with Crippen molar-refractivity contribution in [2.75, 3.05) is 5.73 Å². The van der Waals surface area contributed by atoms with E-state index in [0.29, 0.717) is 18.1 Å². The van der Waals surface area contributed by atoms with Gasteiger partial charge in [-0.05, 0) is 24.6 Å². The summed E-state index contributed by atoms with van der Waals surface area (Å²) >= 11 is 0. The molecule has 0 aliphatic heterocycles. The van der Waals surface area contributed by atoms with E-state index >= 15 is 0 Å². The van der Waals surface area contributed by atoms with E-state index in [2.05, 4.69) is 10.1 Å². The third-order valence-electron chi connectivity index (χ3n) is 3.14. The summed E-state index contributed by atoms with van der Waals surface area (Å²) in [4.78, 5) is 4.42. The Balaban J connectivity index is 1.86. The van der Waals surface area contributed by atoms with E-state index in [1.807, 2.05) is 55.5 Å². The highest BCUT2D eigenvalue weighted by Crippen LogP contribution is 2.19. The SMILES string of the molecule is Cc1cccc(-c2noc(Cc3ccccc3N)n2)c1. The summed E-state index contributed by atoms with van der Waals surface area (Å²) in [5.74, 6) is 1.18. The first kappa shape index (κ1) is 12.4. The molecule has 0 unspecified atom stereocenters. The van der Waals surface area contributed by atoms with Gasteiger partial charge in [0, 0.05) is 11.3 Å². The third-order valence-corrected chi connectivity index (χ3v) is 3.14. The van der Waals surface area contributed by atoms with Gasteiger partial charge in [0.25, 0.3) is 0 Å². The number of hydrogen-bond donors (Lipinski definition) is 1. The standard InChI is InChI=1S/C16H15N3O/c1-11-5-4-7-13(9-11)16-18-15(20-19-16)10-12-6-2-3-8-14(12)17/h2-9H,10,17H2,1H3. The maximum atomic E-state index is 5.92. The first-order valence-electron chi connectivity index (χ1n) is 6.45. The lowest BCUT2D eigenvalue weighted by Gasteiger charge is -2.00. The van der Waals surface area contributed by atoms with E-state index in [0.717, 1.165) is 16.8 Å². The summed E-state index contributed by atoms with van der Waals surface area (Å²) in [5.41, 5.74) is 9.77. The van der Waals surface area contributed by atoms with Crippen molar-refractivity contribution >= 4 is 5.69 Å². The predicted molar refractivity (Wildman–Crippen MR) is 78.1 cm³/mol. The fraction of sp³-hybridized carbons (Fsp3) is 0.125. The van der Waals surface area contributed by atoms with Gasteiger partial charge in [-0.1, -0.05) is 47.1 Å². The summed E-state index contributed by atoms with van der Waals surface area (Å²) in [6.45, 7) is 2.04. The highest BCUT2D eigenvalue weighted by Gasteiger charge is 2.10. The minimum absolute atomic E-state index is 0.547. The van der Waals surface area contributed by atoms with Crippen LogP contribution in [0, 0.1) is 6.92 Å². The van der Waals surface area contributed by atoms with E-state index in [9.17, 15) is 0 Å². The van der Waals surface area contributed by atoms with E-state index in [1.54, 1.807) is 0 Å². The predicted octanol–water partition coefficient (Wildman–Crippen LogP) is 3.22. The van der Waals surface area contributed by atoms with Crippen LogP contribution in [-0.4, -0.2) is 10.1 Å². The molecule has 3 rings (SSSR count). The molecular formula is C16H15N3O. The molecule has 3 aromatic rings. The first-order valence-corrected chi connectivity index (χ1v) is 6.45. The molecule has 2 N–H and O–H groups in total. The number of rotatable bonds is 3. The molecule has 0 amide bonds. The normalized spacial score (nSPS) is 10.7. The average molecular weight is 265 g/mol. The van der Waals surface area contributed by atoms with E-state index < -0.39 is 0 Å². The molecule has 0 spiro atoms. The molecular weight excluding hydrogens is 250 g/mol. The van der Waals surface area contributed by atoms with Crippen molar-refractivity contribution in [3.63, 3.8) is 0 Å². The van der Waals surface area contributed by atoms with Crippen LogP contribution in [0.15, 0.2) is 53.1 Å². The lowest BCUT2D eigenvalue weighted by Crippen LogP contribution is -1.95. The molecule has 0 saturated carbocycles. The Morgan fingerprint density at radius 1 is 1.10 bits per heavy atom. The fourth-order valence-corrected chi connectivity index (χ4v) is 2.09. The number of nitrogen functional groups attached to an aromatic ring is 1. The molecule has 20 heavy (non-hydrogen) atoms. The van der Waals surface area contributed by atoms with Crippen molar-refractivity contribution in [3.8, 4) is 11.4 Å². The quantitative estimate of drug-likeness (QED) is 0.738. The molecule has 0 radical (unpaired) electrons. The largest absolute Gasteiger partial charge is 0.398 e. The van der Waals surface area contributed by atoms with Gasteiger partial charge in [-0.15, -0.1) is 0 Å². The summed E-state index contributed by atoms with van der Waals surface area (Å²) in [6, 6.07) is 15.7. The Morgan fingerprint density at radius 3 is 2.75 bits per heavy atom. The van der Waals surface area contributed by atoms with Gasteiger partial charge in [-0.25, -0.2) is 0 Å². The van der Waals surface area contributed by atoms with E-state index in [1.165, 1.54) is 5.56 Å². The topological polar surface area (TPSA) is 64.9 Å². The molecule has 1 aromatic heterocycles. The van der Waals surface area contributed by atoms with Gasteiger partial charge in [-0.2, -0.15) is 4.98 Å². The van der Waals surface area contributed by atoms with Crippen LogP contribution < -0.4 is 5.73 Å². The second-order valence-electron chi connectivity index (χ2n) is 4.76. The van der Waals surface area contributed by atoms with Crippen LogP contribution in [0.2, 0.25) is 0 Å². The van der Waals surface area contributed by atoms with Crippen molar-refractivity contribution in [2.45, 2.75) is 13.3 Å². The maximum absolute atomic E-state index is 5.92. The van der Waals surface area contributed by atoms with Crippen LogP contribution in [0.25, 0.3) is 11.4 Å². The zero-order valence-corrected chi connectivity index (χ0v) is 11.2. The van der Waals surface area contributed by atoms with Gasteiger partial charge in [0.1, 0.15) is 0 Å². The van der Waals surface area contributed by atoms with Gasteiger partial charge in [0.2, 0.25) is 11.7 Å². The lowest BCUT2D eigenvalue weighted by molar-refractivity contribution is 0.386. The summed E-state index contributed by atoms with van der Waals surface area (Å²) in [6.07, 6.45) is 0.547. The molecule has 4 nitrogen and oxygen atoms in total. The number of nitrogens with zero attached hydrogens (tertiary/aromatic N) is 2. The van der Waals surface area contributed by atoms with Crippen molar-refractivity contribution in [1.82, 2.24) is 10.1 Å². The monoisotopic (exact) mass is 265 g/mol. The smallest absolute Gasteiger partial charge is 0.231 e. The highest BCUT2D eigenvalue weighted by atomic mass is 16.5. The molecule has 2 aromatic carbocycles. The number of aromatic nitrogens is 2. The third kappa shape index (κ3) is 2.54. The molecule has 1 heterocycles. The number of benzene rings is 2. The molecule has 0 aliphatic carbocycles. The van der Waals surface area contributed by atoms with Crippen LogP contribution in [0.4, 0.5) is 5.69 Å². The highest BCUT2D eigenvalue weighted by molar-refractivity contribution is 5.55. The lowest BCUT2D eigenvalue weighted by atomic mass is 10.1. The second kappa shape index (κ2) is 5.17. The Hall–Kier alpha value is -2.62. The Labute approximate surface area is 117 Å². The second-order valence-corrected chi connectivity index (χ2v) is 4.76. The van der Waals surface area contributed by atoms with E-state index in [-0.39, 0.29) is 0 Å². The summed E-state index contributed by atoms with van der Waals surface area (Å²) in [5, 5.41) is 4.03. The number of nitrogens with two attached hydrogens (primary N) is 1. The Bertz CT molecular complexity index is 734. The zero-order valence-electron chi connectivity index (χ0n) is 11.2. The number of aryl methyl sites for hydroxylation is 1. The Morgan fingerprint density at radius 2 is 1.95 bits per heavy atom. The van der Waals surface area contributed by atoms with Crippen molar-refractivity contribution in [3.05, 3.63) is 65.5 Å². The number of hydrogen-bond acceptors (Lipinski definition) is 4. The molecule has 0 bridgehead atoms. The molecule has 0 fully saturated rings. The summed E-state index contributed by atoms with van der Waals surface area (Å²) in [7, 11) is 0. The minimum atomic E-state index is 0.547. The summed E-state index contributed by atoms with van der Waals surface area (Å²) < 4.78 is 5.30. The molecule has 0 atom stereocenters. The molecule has 0 saturated heterocycles. The number of para-hydroxylation sites is 1. The van der Waals surface area contributed by atoms with Gasteiger partial charge >= 0.3 is 0 Å². The van der Waals surface area contributed by atoms with Crippen LogP contribution in [0.1, 0.15) is 17.0 Å². The zero-order chi connectivity index (χ0) is 13.9. The molecule has 100 valence electrons. The average Bonchev–Trinajstić information content (AvgIpc) is 2.90. The Kier molecular flexibility index (Phi) is 3.21. The van der Waals surface area contributed by atoms with E-state index in [4.69, 9.17) is 10.3 Å². The first-order chi connectivity index (χ1) is 9.72. The van der Waals surface area contributed by atoms with Crippen LogP contribution >= 0.6 is 0 Å². The molecule has 4 heteroatoms. The van der Waals surface area contributed by atoms with Gasteiger partial charge in [-0.3, -0.25) is 0 Å². The minimum Gasteiger partial charge on any atom is -0.398 e. The van der Waals surface area contributed by atoms with Crippen LogP contribution in [-0.2, 0) is 6.42 Å². The van der Waals surface area contributed by atoms with Crippen molar-refractivity contribution in [2.24, 2.45) is 0 Å².